The van der Waals surface area contributed by atoms with E-state index in [-0.39, 0.29) is 11.0 Å². The van der Waals surface area contributed by atoms with Gasteiger partial charge >= 0.3 is 0 Å². The van der Waals surface area contributed by atoms with Crippen LogP contribution in [0.1, 0.15) is 19.8 Å². The highest BCUT2D eigenvalue weighted by Crippen LogP contribution is 2.29. The molecule has 0 aromatic heterocycles. The summed E-state index contributed by atoms with van der Waals surface area (Å²) >= 11 is 3.28. The molecule has 1 aromatic carbocycles. The van der Waals surface area contributed by atoms with Crippen LogP contribution in [0.3, 0.4) is 0 Å². The first-order chi connectivity index (χ1) is 9.45. The summed E-state index contributed by atoms with van der Waals surface area (Å²) in [6.45, 7) is 3.58. The Labute approximate surface area is 128 Å². The SMILES string of the molecule is CCOC1CCN(S(=O)(=O)c2cc(N)ccc2Br)CC1. The van der Waals surface area contributed by atoms with Gasteiger partial charge in [0.2, 0.25) is 10.0 Å². The number of nitrogen functional groups attached to an aromatic ring is 1. The second-order valence-corrected chi connectivity index (χ2v) is 7.51. The molecule has 0 amide bonds. The molecular weight excluding hydrogens is 344 g/mol. The molecule has 2 N–H and O–H groups in total. The first kappa shape index (κ1) is 15.8. The van der Waals surface area contributed by atoms with E-state index in [0.29, 0.717) is 29.9 Å². The molecule has 1 heterocycles. The molecule has 2 rings (SSSR count). The van der Waals surface area contributed by atoms with Crippen molar-refractivity contribution >= 4 is 31.6 Å². The molecule has 1 fully saturated rings. The number of sulfonamides is 1. The van der Waals surface area contributed by atoms with Gasteiger partial charge in [0.1, 0.15) is 0 Å². The van der Waals surface area contributed by atoms with Crippen LogP contribution in [0.5, 0.6) is 0 Å². The van der Waals surface area contributed by atoms with E-state index in [4.69, 9.17) is 10.5 Å². The normalized spacial score (nSPS) is 18.3. The van der Waals surface area contributed by atoms with Gasteiger partial charge in [0.05, 0.1) is 11.0 Å². The molecule has 0 bridgehead atoms. The van der Waals surface area contributed by atoms with Crippen LogP contribution in [0, 0.1) is 0 Å². The fourth-order valence-electron chi connectivity index (χ4n) is 2.33. The van der Waals surface area contributed by atoms with Crippen LogP contribution in [0.15, 0.2) is 27.6 Å². The highest BCUT2D eigenvalue weighted by atomic mass is 79.9. The van der Waals surface area contributed by atoms with Crippen molar-refractivity contribution < 1.29 is 13.2 Å². The fraction of sp³-hybridized carbons (Fsp3) is 0.538. The molecule has 0 aliphatic carbocycles. The van der Waals surface area contributed by atoms with E-state index < -0.39 is 10.0 Å². The number of anilines is 1. The van der Waals surface area contributed by atoms with Crippen molar-refractivity contribution in [1.29, 1.82) is 0 Å². The average molecular weight is 363 g/mol. The van der Waals surface area contributed by atoms with Crippen molar-refractivity contribution in [3.63, 3.8) is 0 Å². The highest BCUT2D eigenvalue weighted by molar-refractivity contribution is 9.10. The number of halogens is 1. The van der Waals surface area contributed by atoms with Gasteiger partial charge in [-0.15, -0.1) is 0 Å². The summed E-state index contributed by atoms with van der Waals surface area (Å²) in [5.41, 5.74) is 6.13. The molecule has 20 heavy (non-hydrogen) atoms. The summed E-state index contributed by atoms with van der Waals surface area (Å²) in [5, 5.41) is 0. The smallest absolute Gasteiger partial charge is 0.244 e. The van der Waals surface area contributed by atoms with Gasteiger partial charge in [-0.2, -0.15) is 4.31 Å². The minimum Gasteiger partial charge on any atom is -0.399 e. The molecule has 1 aromatic rings. The maximum Gasteiger partial charge on any atom is 0.244 e. The van der Waals surface area contributed by atoms with Crippen LogP contribution in [-0.2, 0) is 14.8 Å². The molecule has 7 heteroatoms. The number of rotatable bonds is 4. The van der Waals surface area contributed by atoms with Crippen molar-refractivity contribution in [2.24, 2.45) is 0 Å². The van der Waals surface area contributed by atoms with Gasteiger partial charge < -0.3 is 10.5 Å². The number of nitrogens with zero attached hydrogens (tertiary/aromatic N) is 1. The molecule has 0 unspecified atom stereocenters. The second-order valence-electron chi connectivity index (χ2n) is 4.75. The van der Waals surface area contributed by atoms with E-state index in [9.17, 15) is 8.42 Å². The lowest BCUT2D eigenvalue weighted by Crippen LogP contribution is -2.40. The molecule has 0 spiro atoms. The Morgan fingerprint density at radius 2 is 2.05 bits per heavy atom. The highest BCUT2D eigenvalue weighted by Gasteiger charge is 2.30. The van der Waals surface area contributed by atoms with Crippen LogP contribution in [0.25, 0.3) is 0 Å². The Bertz CT molecular complexity index is 569. The number of ether oxygens (including phenoxy) is 1. The number of nitrogens with two attached hydrogens (primary N) is 1. The summed E-state index contributed by atoms with van der Waals surface area (Å²) in [7, 11) is -3.50. The second kappa shape index (κ2) is 6.43. The summed E-state index contributed by atoms with van der Waals surface area (Å²) in [6.07, 6.45) is 1.62. The largest absolute Gasteiger partial charge is 0.399 e. The summed E-state index contributed by atoms with van der Waals surface area (Å²) in [4.78, 5) is 0.229. The van der Waals surface area contributed by atoms with E-state index in [1.165, 1.54) is 10.4 Å². The first-order valence-electron chi connectivity index (χ1n) is 6.62. The lowest BCUT2D eigenvalue weighted by atomic mass is 10.1. The van der Waals surface area contributed by atoms with Crippen LogP contribution in [0.4, 0.5) is 5.69 Å². The van der Waals surface area contributed by atoms with Gasteiger partial charge in [-0.1, -0.05) is 0 Å². The van der Waals surface area contributed by atoms with Gasteiger partial charge in [-0.05, 0) is 53.9 Å². The van der Waals surface area contributed by atoms with E-state index in [1.807, 2.05) is 6.92 Å². The van der Waals surface area contributed by atoms with Gasteiger partial charge in [-0.3, -0.25) is 0 Å². The summed E-state index contributed by atoms with van der Waals surface area (Å²) < 4.78 is 32.8. The molecule has 1 aliphatic rings. The topological polar surface area (TPSA) is 72.6 Å². The van der Waals surface area contributed by atoms with Crippen molar-refractivity contribution in [2.75, 3.05) is 25.4 Å². The van der Waals surface area contributed by atoms with Crippen molar-refractivity contribution in [3.8, 4) is 0 Å². The van der Waals surface area contributed by atoms with E-state index in [1.54, 1.807) is 12.1 Å². The first-order valence-corrected chi connectivity index (χ1v) is 8.85. The van der Waals surface area contributed by atoms with Gasteiger partial charge in [0.25, 0.3) is 0 Å². The minimum atomic E-state index is -3.50. The fourth-order valence-corrected chi connectivity index (χ4v) is 4.76. The lowest BCUT2D eigenvalue weighted by molar-refractivity contribution is 0.0290. The Kier molecular flexibility index (Phi) is 5.06. The standard InChI is InChI=1S/C13H19BrN2O3S/c1-2-19-11-5-7-16(8-6-11)20(17,18)13-9-10(15)3-4-12(13)14/h3-4,9,11H,2,5-8,15H2,1H3. The Morgan fingerprint density at radius 1 is 1.40 bits per heavy atom. The number of hydrogen-bond acceptors (Lipinski definition) is 4. The molecule has 0 atom stereocenters. The van der Waals surface area contributed by atoms with Crippen molar-refractivity contribution in [1.82, 2.24) is 4.31 Å². The quantitative estimate of drug-likeness (QED) is 0.833. The minimum absolute atomic E-state index is 0.163. The van der Waals surface area contributed by atoms with Gasteiger partial charge in [-0.25, -0.2) is 8.42 Å². The maximum atomic E-state index is 12.6. The number of hydrogen-bond donors (Lipinski definition) is 1. The third-order valence-corrected chi connectivity index (χ3v) is 6.27. The lowest BCUT2D eigenvalue weighted by Gasteiger charge is -2.31. The Morgan fingerprint density at radius 3 is 2.65 bits per heavy atom. The van der Waals surface area contributed by atoms with E-state index in [2.05, 4.69) is 15.9 Å². The Hall–Kier alpha value is -0.630. The monoisotopic (exact) mass is 362 g/mol. The third kappa shape index (κ3) is 3.33. The average Bonchev–Trinajstić information content (AvgIpc) is 2.42. The summed E-state index contributed by atoms with van der Waals surface area (Å²) in [6, 6.07) is 4.83. The number of piperidine rings is 1. The van der Waals surface area contributed by atoms with Crippen LogP contribution < -0.4 is 5.73 Å². The van der Waals surface area contributed by atoms with Crippen LogP contribution in [0.2, 0.25) is 0 Å². The molecule has 0 radical (unpaired) electrons. The predicted molar refractivity (Wildman–Crippen MR) is 82.0 cm³/mol. The van der Waals surface area contributed by atoms with E-state index in [0.717, 1.165) is 12.8 Å². The molecule has 1 saturated heterocycles. The predicted octanol–water partition coefficient (Wildman–Crippen LogP) is 2.22. The zero-order valence-electron chi connectivity index (χ0n) is 11.4. The Balaban J connectivity index is 2.18. The van der Waals surface area contributed by atoms with Crippen LogP contribution in [-0.4, -0.2) is 38.5 Å². The van der Waals surface area contributed by atoms with Crippen molar-refractivity contribution in [2.45, 2.75) is 30.8 Å². The molecule has 1 aliphatic heterocycles. The zero-order valence-corrected chi connectivity index (χ0v) is 13.8. The molecular formula is C13H19BrN2O3S. The van der Waals surface area contributed by atoms with Gasteiger partial charge in [0.15, 0.2) is 0 Å². The van der Waals surface area contributed by atoms with Gasteiger partial charge in [0, 0.05) is 29.9 Å². The molecule has 0 saturated carbocycles. The number of benzene rings is 1. The molecule has 112 valence electrons. The maximum absolute atomic E-state index is 12.6. The van der Waals surface area contributed by atoms with Crippen LogP contribution >= 0.6 is 15.9 Å². The third-order valence-electron chi connectivity index (χ3n) is 3.38. The van der Waals surface area contributed by atoms with E-state index >= 15 is 0 Å². The molecule has 5 nitrogen and oxygen atoms in total. The zero-order chi connectivity index (χ0) is 14.8. The van der Waals surface area contributed by atoms with Crippen molar-refractivity contribution in [3.05, 3.63) is 22.7 Å². The summed E-state index contributed by atoms with van der Waals surface area (Å²) in [5.74, 6) is 0.